The molecule has 4 aliphatic carbocycles. The summed E-state index contributed by atoms with van der Waals surface area (Å²) in [7, 11) is 0. The van der Waals surface area contributed by atoms with Gasteiger partial charge in [0.15, 0.2) is 0 Å². The molecule has 3 fully saturated rings. The van der Waals surface area contributed by atoms with Gasteiger partial charge in [-0.15, -0.1) is 11.6 Å². The molecule has 28 heavy (non-hydrogen) atoms. The average Bonchev–Trinajstić information content (AvgIpc) is 3.01. The predicted molar refractivity (Wildman–Crippen MR) is 123 cm³/mol. The summed E-state index contributed by atoms with van der Waals surface area (Å²) < 4.78 is 0. The van der Waals surface area contributed by atoms with Crippen molar-refractivity contribution in [3.8, 4) is 0 Å². The Bertz CT molecular complexity index is 565. The zero-order chi connectivity index (χ0) is 19.8. The highest BCUT2D eigenvalue weighted by atomic mass is 35.5. The second kappa shape index (κ2) is 8.64. The summed E-state index contributed by atoms with van der Waals surface area (Å²) in [5, 5.41) is 0.401. The van der Waals surface area contributed by atoms with Crippen LogP contribution in [0.5, 0.6) is 0 Å². The van der Waals surface area contributed by atoms with Crippen LogP contribution in [0.15, 0.2) is 11.6 Å². The number of halogens is 1. The first-order chi connectivity index (χ1) is 13.5. The van der Waals surface area contributed by atoms with Crippen LogP contribution in [0.4, 0.5) is 0 Å². The van der Waals surface area contributed by atoms with Crippen LogP contribution in [-0.2, 0) is 0 Å². The Morgan fingerprint density at radius 3 is 2.54 bits per heavy atom. The number of hydrogen-bond acceptors (Lipinski definition) is 0. The third kappa shape index (κ3) is 3.74. The van der Waals surface area contributed by atoms with Crippen LogP contribution in [0.2, 0.25) is 0 Å². The second-order valence-electron chi connectivity index (χ2n) is 11.5. The third-order valence-corrected chi connectivity index (χ3v) is 10.5. The summed E-state index contributed by atoms with van der Waals surface area (Å²) in [6.45, 7) is 7.64. The molecule has 0 amide bonds. The van der Waals surface area contributed by atoms with E-state index in [-0.39, 0.29) is 0 Å². The van der Waals surface area contributed by atoms with E-state index in [0.717, 1.165) is 23.7 Å². The lowest BCUT2D eigenvalue weighted by atomic mass is 9.47. The number of unbranched alkanes of at least 4 members (excludes halogenated alkanes) is 5. The van der Waals surface area contributed by atoms with E-state index in [2.05, 4.69) is 26.8 Å². The van der Waals surface area contributed by atoms with Crippen molar-refractivity contribution in [1.29, 1.82) is 0 Å². The minimum absolute atomic E-state index is 0.401. The van der Waals surface area contributed by atoms with E-state index in [4.69, 9.17) is 11.6 Å². The van der Waals surface area contributed by atoms with Crippen LogP contribution in [0.25, 0.3) is 0 Å². The second-order valence-corrected chi connectivity index (χ2v) is 12.1. The quantitative estimate of drug-likeness (QED) is 0.225. The molecule has 0 bridgehead atoms. The highest BCUT2D eigenvalue weighted by Crippen LogP contribution is 2.66. The highest BCUT2D eigenvalue weighted by Gasteiger charge is 2.58. The number of allylic oxidation sites excluding steroid dienone is 2. The van der Waals surface area contributed by atoms with Gasteiger partial charge < -0.3 is 0 Å². The van der Waals surface area contributed by atoms with E-state index >= 15 is 0 Å². The molecule has 3 saturated carbocycles. The minimum Gasteiger partial charge on any atom is -0.123 e. The molecule has 7 atom stereocenters. The molecule has 1 heteroatoms. The largest absolute Gasteiger partial charge is 0.123 e. The number of fused-ring (bicyclic) bond motifs is 5. The normalized spacial score (nSPS) is 45.1. The van der Waals surface area contributed by atoms with Crippen LogP contribution >= 0.6 is 11.6 Å². The van der Waals surface area contributed by atoms with Gasteiger partial charge in [-0.05, 0) is 92.3 Å². The van der Waals surface area contributed by atoms with Gasteiger partial charge in [-0.25, -0.2) is 0 Å². The standard InChI is InChI=1S/C27H45Cl/c1-4-5-6-7-8-9-10-20-12-14-24-23-13-11-21-19-22(28)15-17-27(21,3)25(23)16-18-26(20,24)2/h11,20,22-25H,4-10,12-19H2,1-3H3/t20-,22+,23+,24-,25-,26-,27+/m1/s1. The van der Waals surface area contributed by atoms with E-state index in [0.29, 0.717) is 16.2 Å². The van der Waals surface area contributed by atoms with E-state index in [1.807, 2.05) is 0 Å². The molecule has 0 heterocycles. The van der Waals surface area contributed by atoms with E-state index in [1.54, 1.807) is 5.57 Å². The van der Waals surface area contributed by atoms with Crippen molar-refractivity contribution in [2.24, 2.45) is 34.5 Å². The van der Waals surface area contributed by atoms with Crippen LogP contribution in [0.3, 0.4) is 0 Å². The van der Waals surface area contributed by atoms with Gasteiger partial charge in [0, 0.05) is 5.38 Å². The first-order valence-electron chi connectivity index (χ1n) is 12.8. The van der Waals surface area contributed by atoms with E-state index in [9.17, 15) is 0 Å². The van der Waals surface area contributed by atoms with E-state index < -0.39 is 0 Å². The summed E-state index contributed by atoms with van der Waals surface area (Å²) in [6.07, 6.45) is 24.1. The monoisotopic (exact) mass is 404 g/mol. The van der Waals surface area contributed by atoms with Crippen molar-refractivity contribution in [2.75, 3.05) is 0 Å². The molecule has 0 aliphatic heterocycles. The van der Waals surface area contributed by atoms with Gasteiger partial charge in [-0.3, -0.25) is 0 Å². The molecular weight excluding hydrogens is 360 g/mol. The Balaban J connectivity index is 1.39. The Labute approximate surface area is 180 Å². The van der Waals surface area contributed by atoms with Crippen molar-refractivity contribution >= 4 is 11.6 Å². The summed E-state index contributed by atoms with van der Waals surface area (Å²) in [6, 6.07) is 0. The fourth-order valence-electron chi connectivity index (χ4n) is 8.37. The fraction of sp³-hybridized carbons (Fsp3) is 0.926. The molecule has 4 rings (SSSR count). The first kappa shape index (κ1) is 21.3. The molecule has 0 aromatic heterocycles. The fourth-order valence-corrected chi connectivity index (χ4v) is 8.65. The van der Waals surface area contributed by atoms with Crippen molar-refractivity contribution in [3.63, 3.8) is 0 Å². The lowest BCUT2D eigenvalue weighted by Crippen LogP contribution is -2.50. The Hall–Kier alpha value is 0.0300. The summed E-state index contributed by atoms with van der Waals surface area (Å²) in [4.78, 5) is 0. The van der Waals surface area contributed by atoms with Gasteiger partial charge in [-0.1, -0.05) is 70.9 Å². The van der Waals surface area contributed by atoms with Gasteiger partial charge >= 0.3 is 0 Å². The Morgan fingerprint density at radius 2 is 1.71 bits per heavy atom. The minimum atomic E-state index is 0.401. The molecule has 0 N–H and O–H groups in total. The van der Waals surface area contributed by atoms with E-state index in [1.165, 1.54) is 96.3 Å². The van der Waals surface area contributed by atoms with Crippen LogP contribution in [0, 0.1) is 34.5 Å². The topological polar surface area (TPSA) is 0 Å². The number of rotatable bonds is 7. The smallest absolute Gasteiger partial charge is 0.0373 e. The van der Waals surface area contributed by atoms with Gasteiger partial charge in [-0.2, -0.15) is 0 Å². The maximum absolute atomic E-state index is 6.55. The lowest BCUT2D eigenvalue weighted by Gasteiger charge is -2.58. The van der Waals surface area contributed by atoms with Gasteiger partial charge in [0.2, 0.25) is 0 Å². The average molecular weight is 405 g/mol. The number of hydrogen-bond donors (Lipinski definition) is 0. The molecule has 0 saturated heterocycles. The maximum atomic E-state index is 6.55. The molecule has 160 valence electrons. The summed E-state index contributed by atoms with van der Waals surface area (Å²) in [5.41, 5.74) is 2.87. The molecule has 0 aromatic rings. The zero-order valence-corrected chi connectivity index (χ0v) is 19.7. The zero-order valence-electron chi connectivity index (χ0n) is 18.9. The van der Waals surface area contributed by atoms with Crippen molar-refractivity contribution in [1.82, 2.24) is 0 Å². The summed E-state index contributed by atoms with van der Waals surface area (Å²) in [5.74, 6) is 3.93. The van der Waals surface area contributed by atoms with Gasteiger partial charge in [0.05, 0.1) is 0 Å². The van der Waals surface area contributed by atoms with Crippen molar-refractivity contribution in [3.05, 3.63) is 11.6 Å². The Morgan fingerprint density at radius 1 is 0.929 bits per heavy atom. The third-order valence-electron chi connectivity index (χ3n) is 10.1. The molecule has 4 aliphatic rings. The maximum Gasteiger partial charge on any atom is 0.0373 e. The van der Waals surface area contributed by atoms with Gasteiger partial charge in [0.25, 0.3) is 0 Å². The van der Waals surface area contributed by atoms with Crippen LogP contribution < -0.4 is 0 Å². The number of alkyl halides is 1. The Kier molecular flexibility index (Phi) is 6.57. The van der Waals surface area contributed by atoms with Crippen molar-refractivity contribution in [2.45, 2.75) is 122 Å². The summed E-state index contributed by atoms with van der Waals surface area (Å²) >= 11 is 6.55. The first-order valence-corrected chi connectivity index (χ1v) is 13.3. The molecule has 0 aromatic carbocycles. The molecule has 0 unspecified atom stereocenters. The molecule has 0 radical (unpaired) electrons. The molecule has 0 spiro atoms. The van der Waals surface area contributed by atoms with Crippen molar-refractivity contribution < 1.29 is 0 Å². The van der Waals surface area contributed by atoms with Crippen LogP contribution in [0.1, 0.15) is 117 Å². The van der Waals surface area contributed by atoms with Crippen LogP contribution in [-0.4, -0.2) is 5.38 Å². The van der Waals surface area contributed by atoms with Gasteiger partial charge in [0.1, 0.15) is 0 Å². The lowest BCUT2D eigenvalue weighted by molar-refractivity contribution is -0.0423. The SMILES string of the molecule is CCCCCCCC[C@@H]1CC[C@@H]2[C@@H]3CC=C4C[C@@H](Cl)CC[C@]4(C)[C@@H]3CC[C@]12C. The highest BCUT2D eigenvalue weighted by molar-refractivity contribution is 6.20. The molecular formula is C27H45Cl. The predicted octanol–water partition coefficient (Wildman–Crippen LogP) is 8.92. The molecule has 0 nitrogen and oxygen atoms in total.